The van der Waals surface area contributed by atoms with Crippen LogP contribution in [0.25, 0.3) is 0 Å². The molecule has 2 amide bonds. The van der Waals surface area contributed by atoms with Gasteiger partial charge in [-0.2, -0.15) is 4.98 Å². The number of carbonyl (C=O) groups excluding carboxylic acids is 1. The van der Waals surface area contributed by atoms with Crippen LogP contribution in [-0.2, 0) is 13.2 Å². The van der Waals surface area contributed by atoms with Gasteiger partial charge in [0.2, 0.25) is 5.95 Å². The summed E-state index contributed by atoms with van der Waals surface area (Å²) in [4.78, 5) is 30.4. The van der Waals surface area contributed by atoms with Crippen LogP contribution in [0.15, 0.2) is 29.8 Å². The predicted octanol–water partition coefficient (Wildman–Crippen LogP) is 4.37. The lowest BCUT2D eigenvalue weighted by molar-refractivity contribution is 0.132. The molecule has 1 aromatic carbocycles. The first-order valence-electron chi connectivity index (χ1n) is 13.3. The smallest absolute Gasteiger partial charge is 0.331 e. The van der Waals surface area contributed by atoms with Crippen molar-refractivity contribution in [3.8, 4) is 23.3 Å². The molecule has 0 atom stereocenters. The monoisotopic (exact) mass is 597 g/mol. The summed E-state index contributed by atoms with van der Waals surface area (Å²) in [5.74, 6) is 7.94. The van der Waals surface area contributed by atoms with Crippen molar-refractivity contribution in [3.05, 3.63) is 45.2 Å². The van der Waals surface area contributed by atoms with Crippen molar-refractivity contribution >= 4 is 52.1 Å². The first-order valence-corrected chi connectivity index (χ1v) is 14.6. The number of alkyl halides is 1. The van der Waals surface area contributed by atoms with Gasteiger partial charge in [-0.15, -0.1) is 11.3 Å². The lowest BCUT2D eigenvalue weighted by Crippen LogP contribution is -2.48. The minimum Gasteiger partial charge on any atom is -0.488 e. The minimum atomic E-state index is -0.730. The molecule has 5 heterocycles. The third-order valence-electron chi connectivity index (χ3n) is 7.22. The third kappa shape index (κ3) is 5.90. The fourth-order valence-corrected chi connectivity index (χ4v) is 6.06. The van der Waals surface area contributed by atoms with Gasteiger partial charge >= 0.3 is 6.03 Å². The molecule has 214 valence electrons. The molecule has 0 unspecified atom stereocenters. The number of nitrogens with one attached hydrogen (secondary N) is 1. The number of carbonyl (C=O) groups is 1. The zero-order valence-corrected chi connectivity index (χ0v) is 24.1. The van der Waals surface area contributed by atoms with E-state index in [1.165, 1.54) is 21.1 Å². The Morgan fingerprint density at radius 1 is 1.22 bits per heavy atom. The predicted molar refractivity (Wildman–Crippen MR) is 158 cm³/mol. The van der Waals surface area contributed by atoms with E-state index in [2.05, 4.69) is 44.0 Å². The average molecular weight is 598 g/mol. The molecule has 6 rings (SSSR count). The summed E-state index contributed by atoms with van der Waals surface area (Å²) >= 11 is 7.57. The molecule has 1 saturated heterocycles. The van der Waals surface area contributed by atoms with E-state index in [9.17, 15) is 9.18 Å². The Kier molecular flexibility index (Phi) is 8.11. The van der Waals surface area contributed by atoms with Gasteiger partial charge in [0, 0.05) is 67.2 Å². The maximum absolute atomic E-state index is 13.7. The van der Waals surface area contributed by atoms with Crippen LogP contribution in [0.4, 0.5) is 32.3 Å². The number of fused-ring (bicyclic) bond motifs is 3. The maximum atomic E-state index is 13.7. The van der Waals surface area contributed by atoms with Crippen LogP contribution in [0, 0.1) is 11.8 Å². The van der Waals surface area contributed by atoms with E-state index < -0.39 is 6.67 Å². The number of rotatable bonds is 6. The van der Waals surface area contributed by atoms with Gasteiger partial charge in [0.05, 0.1) is 18.8 Å². The second-order valence-electron chi connectivity index (χ2n) is 9.94. The van der Waals surface area contributed by atoms with Gasteiger partial charge in [-0.05, 0) is 19.2 Å². The molecule has 0 spiro atoms. The fraction of sp³-hybridized carbons (Fsp3) is 0.393. The van der Waals surface area contributed by atoms with Crippen molar-refractivity contribution in [1.82, 2.24) is 19.8 Å². The molecule has 13 heteroatoms. The van der Waals surface area contributed by atoms with Crippen molar-refractivity contribution < 1.29 is 18.7 Å². The Morgan fingerprint density at radius 2 is 2.07 bits per heavy atom. The van der Waals surface area contributed by atoms with Crippen LogP contribution in [0.1, 0.15) is 11.1 Å². The van der Waals surface area contributed by atoms with E-state index >= 15 is 0 Å². The largest absolute Gasteiger partial charge is 0.488 e. The van der Waals surface area contributed by atoms with Crippen LogP contribution >= 0.6 is 22.9 Å². The van der Waals surface area contributed by atoms with Crippen molar-refractivity contribution in [3.63, 3.8) is 0 Å². The van der Waals surface area contributed by atoms with Crippen LogP contribution in [-0.4, -0.2) is 85.3 Å². The highest BCUT2D eigenvalue weighted by molar-refractivity contribution is 7.15. The Labute approximate surface area is 246 Å². The second kappa shape index (κ2) is 12.1. The summed E-state index contributed by atoms with van der Waals surface area (Å²) in [6, 6.07) is 5.16. The molecule has 41 heavy (non-hydrogen) atoms. The highest BCUT2D eigenvalue weighted by atomic mass is 35.5. The molecule has 3 aromatic rings. The number of likely N-dealkylation sites (N-methyl/N-ethyl adjacent to an activating group) is 1. The number of halogens is 2. The summed E-state index contributed by atoms with van der Waals surface area (Å²) in [5.41, 5.74) is 2.13. The number of urea groups is 1. The van der Waals surface area contributed by atoms with Crippen LogP contribution in [0.2, 0.25) is 4.34 Å². The van der Waals surface area contributed by atoms with Crippen molar-refractivity contribution in [2.75, 3.05) is 74.6 Å². The molecule has 1 N–H and O–H groups in total. The van der Waals surface area contributed by atoms with Gasteiger partial charge in [-0.3, -0.25) is 14.7 Å². The summed E-state index contributed by atoms with van der Waals surface area (Å²) in [7, 11) is 2.14. The van der Waals surface area contributed by atoms with Gasteiger partial charge in [-0.25, -0.2) is 14.2 Å². The standard InChI is InChI=1S/C28H29ClFN7O3S/c1-34-7-9-35(10-8-34)11-13-40-22-5-4-21-14-23(22)39-12-3-2-6-36-26-20(16-31-27(32-21)33-26)17-37(28(36)38)24-19(15-30)18-41-25(24)29/h4-5,14,16,18H,6-13,15,17H2,1H3,(H,31,32,33). The van der Waals surface area contributed by atoms with E-state index in [-0.39, 0.29) is 25.7 Å². The Bertz CT molecular complexity index is 1500. The van der Waals surface area contributed by atoms with E-state index in [0.717, 1.165) is 32.7 Å². The van der Waals surface area contributed by atoms with Crippen molar-refractivity contribution in [2.45, 2.75) is 13.2 Å². The van der Waals surface area contributed by atoms with Crippen molar-refractivity contribution in [1.29, 1.82) is 0 Å². The molecule has 10 nitrogen and oxygen atoms in total. The van der Waals surface area contributed by atoms with Gasteiger partial charge in [0.25, 0.3) is 0 Å². The molecular weight excluding hydrogens is 569 g/mol. The molecule has 1 fully saturated rings. The number of thiophene rings is 1. The first-order chi connectivity index (χ1) is 20.0. The molecule has 3 aliphatic heterocycles. The fourth-order valence-electron chi connectivity index (χ4n) is 4.93. The van der Waals surface area contributed by atoms with E-state index in [0.29, 0.717) is 56.7 Å². The number of anilines is 4. The number of benzene rings is 1. The first kappa shape index (κ1) is 27.5. The number of nitrogens with zero attached hydrogens (tertiary/aromatic N) is 6. The number of piperazine rings is 1. The number of hydrogen-bond acceptors (Lipinski definition) is 9. The van der Waals surface area contributed by atoms with Crippen LogP contribution in [0.3, 0.4) is 0 Å². The van der Waals surface area contributed by atoms with E-state index in [1.54, 1.807) is 11.6 Å². The topological polar surface area (TPSA) is 86.3 Å². The Balaban J connectivity index is 1.23. The molecule has 0 saturated carbocycles. The summed E-state index contributed by atoms with van der Waals surface area (Å²) in [6.07, 6.45) is 1.66. The zero-order valence-electron chi connectivity index (χ0n) is 22.5. The maximum Gasteiger partial charge on any atom is 0.331 e. The summed E-state index contributed by atoms with van der Waals surface area (Å²) < 4.78 is 26.2. The lowest BCUT2D eigenvalue weighted by atomic mass is 10.2. The zero-order chi connectivity index (χ0) is 28.3. The normalized spacial score (nSPS) is 17.4. The number of ether oxygens (including phenoxy) is 2. The average Bonchev–Trinajstić information content (AvgIpc) is 3.35. The van der Waals surface area contributed by atoms with Crippen LogP contribution in [0.5, 0.6) is 11.5 Å². The molecule has 0 radical (unpaired) electrons. The van der Waals surface area contributed by atoms with Crippen LogP contribution < -0.4 is 24.6 Å². The number of aromatic nitrogens is 2. The molecule has 2 aromatic heterocycles. The van der Waals surface area contributed by atoms with Gasteiger partial charge in [-0.1, -0.05) is 23.4 Å². The molecule has 3 aliphatic rings. The van der Waals surface area contributed by atoms with Gasteiger partial charge in [0.1, 0.15) is 30.0 Å². The van der Waals surface area contributed by atoms with Gasteiger partial charge < -0.3 is 19.7 Å². The molecule has 0 aliphatic carbocycles. The lowest BCUT2D eigenvalue weighted by Gasteiger charge is -2.35. The van der Waals surface area contributed by atoms with Crippen molar-refractivity contribution in [2.24, 2.45) is 0 Å². The van der Waals surface area contributed by atoms with E-state index in [1.807, 2.05) is 18.2 Å². The quantitative estimate of drug-likeness (QED) is 0.419. The third-order valence-corrected chi connectivity index (χ3v) is 8.47. The summed E-state index contributed by atoms with van der Waals surface area (Å²) in [6.45, 7) is 5.12. The van der Waals surface area contributed by atoms with Gasteiger partial charge in [0.15, 0.2) is 11.5 Å². The number of amides is 2. The molecular formula is C28H29ClFN7O3S. The Morgan fingerprint density at radius 3 is 2.90 bits per heavy atom. The highest BCUT2D eigenvalue weighted by Crippen LogP contribution is 2.41. The number of hydrogen-bond donors (Lipinski definition) is 1. The second-order valence-corrected chi connectivity index (χ2v) is 11.4. The minimum absolute atomic E-state index is 0.0564. The summed E-state index contributed by atoms with van der Waals surface area (Å²) in [5, 5.41) is 4.83. The Hall–Kier alpha value is -3.63. The molecule has 4 bridgehead atoms. The SMILES string of the molecule is CN1CCN(CCOc2ccc3cc2OCC#CCN2C(=O)N(c4c(CF)csc4Cl)Cc4cnc(nc42)N3)CC1. The van der Waals surface area contributed by atoms with E-state index in [4.69, 9.17) is 21.1 Å². The highest BCUT2D eigenvalue weighted by Gasteiger charge is 2.35.